The minimum Gasteiger partial charge on any atom is -0.396 e. The Bertz CT molecular complexity index is 636. The number of thiophene rings is 1. The van der Waals surface area contributed by atoms with Crippen LogP contribution in [0.3, 0.4) is 0 Å². The van der Waals surface area contributed by atoms with Gasteiger partial charge in [-0.05, 0) is 12.8 Å². The second-order valence-electron chi connectivity index (χ2n) is 4.69. The molecule has 0 radical (unpaired) electrons. The molecule has 0 amide bonds. The van der Waals surface area contributed by atoms with E-state index in [9.17, 15) is 22.0 Å². The number of hydrogen-bond donors (Lipinski definition) is 2. The Labute approximate surface area is 119 Å². The molecule has 0 aromatic carbocycles. The SMILES string of the molecule is CS(=O)(=O)c1c(NCC(F)F)sc(C(=O)C2CC2)c1N. The second-order valence-corrected chi connectivity index (χ2v) is 7.66. The molecule has 0 bridgehead atoms. The van der Waals surface area contributed by atoms with Crippen LogP contribution in [0, 0.1) is 5.92 Å². The van der Waals surface area contributed by atoms with E-state index >= 15 is 0 Å². The van der Waals surface area contributed by atoms with Crippen molar-refractivity contribution in [3.05, 3.63) is 4.88 Å². The Kier molecular flexibility index (Phi) is 4.01. The van der Waals surface area contributed by atoms with Gasteiger partial charge in [-0.2, -0.15) is 0 Å². The summed E-state index contributed by atoms with van der Waals surface area (Å²) in [6.07, 6.45) is -0.188. The minimum atomic E-state index is -3.70. The molecule has 1 aliphatic carbocycles. The number of rotatable bonds is 6. The van der Waals surface area contributed by atoms with Crippen LogP contribution in [0.4, 0.5) is 19.5 Å². The number of nitrogens with two attached hydrogens (primary N) is 1. The highest BCUT2D eigenvalue weighted by Gasteiger charge is 2.35. The zero-order valence-electron chi connectivity index (χ0n) is 10.7. The van der Waals surface area contributed by atoms with Crippen LogP contribution in [-0.4, -0.2) is 33.4 Å². The number of sulfone groups is 1. The molecular formula is C11H14F2N2O3S2. The molecule has 0 unspecified atom stereocenters. The van der Waals surface area contributed by atoms with E-state index in [1.54, 1.807) is 0 Å². The number of carbonyl (C=O) groups excluding carboxylic acids is 1. The number of carbonyl (C=O) groups is 1. The smallest absolute Gasteiger partial charge is 0.255 e. The minimum absolute atomic E-state index is 0.00861. The van der Waals surface area contributed by atoms with E-state index in [1.165, 1.54) is 0 Å². The number of nitrogen functional groups attached to an aromatic ring is 1. The van der Waals surface area contributed by atoms with Crippen LogP contribution in [0.5, 0.6) is 0 Å². The van der Waals surface area contributed by atoms with Crippen molar-refractivity contribution in [2.75, 3.05) is 23.9 Å². The average molecular weight is 324 g/mol. The molecule has 0 spiro atoms. The van der Waals surface area contributed by atoms with E-state index in [2.05, 4.69) is 5.32 Å². The zero-order chi connectivity index (χ0) is 15.1. The third-order valence-corrected chi connectivity index (χ3v) is 5.33. The van der Waals surface area contributed by atoms with Crippen molar-refractivity contribution in [1.29, 1.82) is 0 Å². The number of Topliss-reactive ketones (excluding diaryl/α,β-unsaturated/α-hetero) is 1. The molecule has 1 heterocycles. The normalized spacial score (nSPS) is 15.6. The topological polar surface area (TPSA) is 89.3 Å². The molecule has 9 heteroatoms. The Morgan fingerprint density at radius 1 is 1.50 bits per heavy atom. The van der Waals surface area contributed by atoms with E-state index < -0.39 is 22.8 Å². The molecule has 0 aliphatic heterocycles. The van der Waals surface area contributed by atoms with Crippen molar-refractivity contribution in [2.24, 2.45) is 5.92 Å². The van der Waals surface area contributed by atoms with Gasteiger partial charge in [-0.25, -0.2) is 17.2 Å². The summed E-state index contributed by atoms with van der Waals surface area (Å²) >= 11 is 0.833. The van der Waals surface area contributed by atoms with E-state index in [0.29, 0.717) is 0 Å². The molecule has 1 aromatic rings. The summed E-state index contributed by atoms with van der Waals surface area (Å²) in [4.78, 5) is 11.9. The highest BCUT2D eigenvalue weighted by atomic mass is 32.2. The van der Waals surface area contributed by atoms with Gasteiger partial charge >= 0.3 is 0 Å². The van der Waals surface area contributed by atoms with Crippen molar-refractivity contribution in [3.63, 3.8) is 0 Å². The molecule has 20 heavy (non-hydrogen) atoms. The molecule has 0 atom stereocenters. The Balaban J connectivity index is 2.43. The Morgan fingerprint density at radius 3 is 2.55 bits per heavy atom. The predicted octanol–water partition coefficient (Wildman–Crippen LogP) is 2.00. The van der Waals surface area contributed by atoms with Crippen molar-refractivity contribution in [2.45, 2.75) is 24.2 Å². The lowest BCUT2D eigenvalue weighted by atomic mass is 10.2. The maximum Gasteiger partial charge on any atom is 0.255 e. The van der Waals surface area contributed by atoms with Gasteiger partial charge in [0.15, 0.2) is 15.6 Å². The van der Waals surface area contributed by atoms with E-state index in [0.717, 1.165) is 30.4 Å². The van der Waals surface area contributed by atoms with E-state index in [4.69, 9.17) is 5.73 Å². The summed E-state index contributed by atoms with van der Waals surface area (Å²) in [5.74, 6) is -0.325. The van der Waals surface area contributed by atoms with Gasteiger partial charge in [-0.1, -0.05) is 0 Å². The third kappa shape index (κ3) is 3.09. The van der Waals surface area contributed by atoms with Crippen LogP contribution >= 0.6 is 11.3 Å². The van der Waals surface area contributed by atoms with E-state index in [1.807, 2.05) is 0 Å². The van der Waals surface area contributed by atoms with Gasteiger partial charge in [0.1, 0.15) is 9.90 Å². The van der Waals surface area contributed by atoms with Gasteiger partial charge < -0.3 is 11.1 Å². The molecule has 1 fully saturated rings. The van der Waals surface area contributed by atoms with Gasteiger partial charge in [0.05, 0.1) is 17.1 Å². The van der Waals surface area contributed by atoms with Gasteiger partial charge in [-0.3, -0.25) is 4.79 Å². The Morgan fingerprint density at radius 2 is 2.10 bits per heavy atom. The monoisotopic (exact) mass is 324 g/mol. The maximum atomic E-state index is 12.2. The molecular weight excluding hydrogens is 310 g/mol. The van der Waals surface area contributed by atoms with Crippen LogP contribution in [0.15, 0.2) is 4.90 Å². The first kappa shape index (κ1) is 15.2. The third-order valence-electron chi connectivity index (χ3n) is 2.86. The highest BCUT2D eigenvalue weighted by Crippen LogP contribution is 2.43. The maximum absolute atomic E-state index is 12.2. The first-order valence-electron chi connectivity index (χ1n) is 5.90. The second kappa shape index (κ2) is 5.28. The van der Waals surface area contributed by atoms with Crippen molar-refractivity contribution >= 4 is 37.6 Å². The molecule has 1 aromatic heterocycles. The summed E-state index contributed by atoms with van der Waals surface area (Å²) in [6.45, 7) is -0.695. The fourth-order valence-electron chi connectivity index (χ4n) is 1.80. The fraction of sp³-hybridized carbons (Fsp3) is 0.545. The van der Waals surface area contributed by atoms with Crippen LogP contribution in [-0.2, 0) is 9.84 Å². The zero-order valence-corrected chi connectivity index (χ0v) is 12.3. The lowest BCUT2D eigenvalue weighted by Gasteiger charge is -2.05. The first-order chi connectivity index (χ1) is 9.21. The van der Waals surface area contributed by atoms with E-state index in [-0.39, 0.29) is 32.2 Å². The number of ketones is 1. The van der Waals surface area contributed by atoms with Crippen LogP contribution in [0.2, 0.25) is 0 Å². The van der Waals surface area contributed by atoms with Gasteiger partial charge in [0.25, 0.3) is 6.43 Å². The van der Waals surface area contributed by atoms with Crippen molar-refractivity contribution in [3.8, 4) is 0 Å². The first-order valence-corrected chi connectivity index (χ1v) is 8.61. The number of hydrogen-bond acceptors (Lipinski definition) is 6. The number of anilines is 2. The highest BCUT2D eigenvalue weighted by molar-refractivity contribution is 7.91. The van der Waals surface area contributed by atoms with Crippen LogP contribution < -0.4 is 11.1 Å². The molecule has 112 valence electrons. The molecule has 0 saturated heterocycles. The summed E-state index contributed by atoms with van der Waals surface area (Å²) in [7, 11) is -3.70. The van der Waals surface area contributed by atoms with Gasteiger partial charge in [0, 0.05) is 12.2 Å². The quantitative estimate of drug-likeness (QED) is 0.781. The standard InChI is InChI=1S/C11H14F2N2O3S2/c1-20(17,18)10-7(14)9(8(16)5-2-3-5)19-11(10)15-4-6(12)13/h5-6,15H,2-4,14H2,1H3. The molecule has 3 N–H and O–H groups in total. The van der Waals surface area contributed by atoms with Crippen LogP contribution in [0.25, 0.3) is 0 Å². The van der Waals surface area contributed by atoms with Crippen molar-refractivity contribution in [1.82, 2.24) is 0 Å². The summed E-state index contributed by atoms with van der Waals surface area (Å²) in [5.41, 5.74) is 5.61. The van der Waals surface area contributed by atoms with Crippen LogP contribution in [0.1, 0.15) is 22.5 Å². The largest absolute Gasteiger partial charge is 0.396 e. The number of halogens is 2. The van der Waals surface area contributed by atoms with Crippen molar-refractivity contribution < 1.29 is 22.0 Å². The lowest BCUT2D eigenvalue weighted by molar-refractivity contribution is 0.0972. The Hall–Kier alpha value is -1.22. The van der Waals surface area contributed by atoms with Gasteiger partial charge in [0.2, 0.25) is 0 Å². The number of alkyl halides is 2. The predicted molar refractivity (Wildman–Crippen MR) is 73.4 cm³/mol. The molecule has 1 aliphatic rings. The molecule has 1 saturated carbocycles. The summed E-state index contributed by atoms with van der Waals surface area (Å²) in [6, 6.07) is 0. The lowest BCUT2D eigenvalue weighted by Crippen LogP contribution is -2.12. The summed E-state index contributed by atoms with van der Waals surface area (Å²) < 4.78 is 48.0. The summed E-state index contributed by atoms with van der Waals surface area (Å²) in [5, 5.41) is 2.36. The number of nitrogens with one attached hydrogen (secondary N) is 1. The van der Waals surface area contributed by atoms with Gasteiger partial charge in [-0.15, -0.1) is 11.3 Å². The molecule has 5 nitrogen and oxygen atoms in total. The fourth-order valence-corrected chi connectivity index (χ4v) is 4.39. The molecule has 2 rings (SSSR count). The average Bonchev–Trinajstić information content (AvgIpc) is 3.08.